The molecule has 0 aromatic carbocycles. The third-order valence-corrected chi connectivity index (χ3v) is 3.48. The van der Waals surface area contributed by atoms with Gasteiger partial charge in [0, 0.05) is 0 Å². The van der Waals surface area contributed by atoms with E-state index in [-0.39, 0.29) is 28.3 Å². The fourth-order valence-corrected chi connectivity index (χ4v) is 2.38. The van der Waals surface area contributed by atoms with Crippen LogP contribution < -0.4 is 0 Å². The van der Waals surface area contributed by atoms with Gasteiger partial charge in [-0.05, 0) is 30.0 Å². The number of alkyl halides is 3. The summed E-state index contributed by atoms with van der Waals surface area (Å²) in [7, 11) is 0. The minimum atomic E-state index is -4.65. The summed E-state index contributed by atoms with van der Waals surface area (Å²) in [6, 6.07) is 3.11. The van der Waals surface area contributed by atoms with Crippen molar-refractivity contribution in [1.29, 1.82) is 5.41 Å². The van der Waals surface area contributed by atoms with Crippen molar-refractivity contribution in [1.82, 2.24) is 5.01 Å². The zero-order valence-corrected chi connectivity index (χ0v) is 10.8. The number of carbonyl (C=O) groups excluding carboxylic acids is 1. The highest BCUT2D eigenvalue weighted by Crippen LogP contribution is 2.35. The Bertz CT molecular complexity index is 718. The van der Waals surface area contributed by atoms with Crippen LogP contribution in [0.4, 0.5) is 13.2 Å². The van der Waals surface area contributed by atoms with E-state index < -0.39 is 23.0 Å². The minimum absolute atomic E-state index is 0.193. The van der Waals surface area contributed by atoms with Crippen molar-refractivity contribution in [3.8, 4) is 0 Å². The van der Waals surface area contributed by atoms with Crippen LogP contribution in [0.15, 0.2) is 38.5 Å². The second-order valence-corrected chi connectivity index (χ2v) is 4.89. The summed E-state index contributed by atoms with van der Waals surface area (Å²) in [5.41, 5.74) is -0.193. The molecule has 0 aliphatic carbocycles. The monoisotopic (exact) mass is 314 g/mol. The Morgan fingerprint density at radius 3 is 2.81 bits per heavy atom. The molecule has 1 aromatic heterocycles. The molecule has 1 N–H and O–H groups in total. The Hall–Kier alpha value is -2.36. The van der Waals surface area contributed by atoms with Crippen molar-refractivity contribution < 1.29 is 22.4 Å². The Morgan fingerprint density at radius 2 is 2.19 bits per heavy atom. The number of amidine groups is 2. The van der Waals surface area contributed by atoms with Crippen LogP contribution >= 0.6 is 11.8 Å². The number of amides is 1. The summed E-state index contributed by atoms with van der Waals surface area (Å²) in [5.74, 6) is -1.00. The van der Waals surface area contributed by atoms with Crippen LogP contribution in [0.1, 0.15) is 5.76 Å². The molecule has 21 heavy (non-hydrogen) atoms. The van der Waals surface area contributed by atoms with E-state index in [1.165, 1.54) is 18.4 Å². The normalized spacial score (nSPS) is 20.7. The zero-order valence-electron chi connectivity index (χ0n) is 10.0. The van der Waals surface area contributed by atoms with Gasteiger partial charge in [-0.1, -0.05) is 0 Å². The van der Waals surface area contributed by atoms with Crippen LogP contribution in [-0.2, 0) is 4.79 Å². The van der Waals surface area contributed by atoms with Crippen molar-refractivity contribution in [2.24, 2.45) is 10.1 Å². The second-order valence-electron chi connectivity index (χ2n) is 3.94. The number of hydrogen-bond donors (Lipinski definition) is 1. The molecule has 0 saturated carbocycles. The van der Waals surface area contributed by atoms with E-state index in [1.54, 1.807) is 6.07 Å². The molecular weight excluding hydrogens is 309 g/mol. The predicted octanol–water partition coefficient (Wildman–Crippen LogP) is 2.46. The lowest BCUT2D eigenvalue weighted by molar-refractivity contribution is -0.114. The molecule has 0 spiro atoms. The van der Waals surface area contributed by atoms with Gasteiger partial charge in [0.1, 0.15) is 5.76 Å². The van der Waals surface area contributed by atoms with Crippen molar-refractivity contribution in [2.45, 2.75) is 6.18 Å². The lowest BCUT2D eigenvalue weighted by atomic mass is 10.1. The Labute approximate surface area is 119 Å². The smallest absolute Gasteiger partial charge is 0.441 e. The van der Waals surface area contributed by atoms with Gasteiger partial charge in [-0.3, -0.25) is 10.2 Å². The summed E-state index contributed by atoms with van der Waals surface area (Å²) in [6.45, 7) is 0. The third-order valence-electron chi connectivity index (χ3n) is 2.53. The Kier molecular flexibility index (Phi) is 2.97. The van der Waals surface area contributed by atoms with Crippen LogP contribution in [0.2, 0.25) is 0 Å². The summed E-state index contributed by atoms with van der Waals surface area (Å²) in [5, 5.41) is 10.3. The van der Waals surface area contributed by atoms with Gasteiger partial charge in [-0.2, -0.15) is 28.3 Å². The Balaban J connectivity index is 1.99. The molecular formula is C11H5F3N4O2S. The highest BCUT2D eigenvalue weighted by molar-refractivity contribution is 8.27. The molecule has 10 heteroatoms. The van der Waals surface area contributed by atoms with Crippen molar-refractivity contribution >= 4 is 39.8 Å². The highest BCUT2D eigenvalue weighted by Gasteiger charge is 2.46. The quantitative estimate of drug-likeness (QED) is 0.807. The summed E-state index contributed by atoms with van der Waals surface area (Å²) < 4.78 is 42.8. The first kappa shape index (κ1) is 13.6. The van der Waals surface area contributed by atoms with Crippen LogP contribution in [0.25, 0.3) is 6.08 Å². The van der Waals surface area contributed by atoms with Crippen LogP contribution in [0.5, 0.6) is 0 Å². The average molecular weight is 314 g/mol. The number of fused-ring (bicyclic) bond motifs is 1. The van der Waals surface area contributed by atoms with E-state index in [2.05, 4.69) is 10.1 Å². The molecule has 1 aromatic rings. The molecule has 3 heterocycles. The van der Waals surface area contributed by atoms with Gasteiger partial charge < -0.3 is 4.42 Å². The molecule has 2 aliphatic heterocycles. The first-order valence-corrected chi connectivity index (χ1v) is 6.29. The van der Waals surface area contributed by atoms with Gasteiger partial charge in [0.05, 0.1) is 11.8 Å². The van der Waals surface area contributed by atoms with E-state index in [1.807, 2.05) is 0 Å². The number of halogens is 3. The number of nitrogens with zero attached hydrogens (tertiary/aromatic N) is 3. The summed E-state index contributed by atoms with van der Waals surface area (Å²) >= 11 is 0.208. The standard InChI is InChI=1S/C11H5F3N4O2S/c12-11(13,14)9-17-18-7(15)6(4-5-2-1-3-20-5)8(19)16-10(18)21-9/h1-4,15H/b6-4-,15-7?. The van der Waals surface area contributed by atoms with Crippen molar-refractivity contribution in [3.05, 3.63) is 29.7 Å². The summed E-state index contributed by atoms with van der Waals surface area (Å²) in [6.07, 6.45) is -2.06. The maximum absolute atomic E-state index is 12.6. The van der Waals surface area contributed by atoms with E-state index in [0.29, 0.717) is 5.01 Å². The Morgan fingerprint density at radius 1 is 1.43 bits per heavy atom. The molecule has 0 unspecified atom stereocenters. The topological polar surface area (TPSA) is 82.0 Å². The molecule has 6 nitrogen and oxygen atoms in total. The number of nitrogens with one attached hydrogen (secondary N) is 1. The molecule has 1 amide bonds. The lowest BCUT2D eigenvalue weighted by Gasteiger charge is -2.19. The molecule has 0 bridgehead atoms. The fraction of sp³-hybridized carbons (Fsp3) is 0.0909. The van der Waals surface area contributed by atoms with Crippen LogP contribution in [-0.4, -0.2) is 33.1 Å². The predicted molar refractivity (Wildman–Crippen MR) is 69.8 cm³/mol. The molecule has 0 fully saturated rings. The molecule has 0 saturated heterocycles. The average Bonchev–Trinajstić information content (AvgIpc) is 3.02. The first-order valence-electron chi connectivity index (χ1n) is 5.47. The minimum Gasteiger partial charge on any atom is -0.465 e. The third kappa shape index (κ3) is 2.37. The number of carbonyl (C=O) groups is 1. The number of rotatable bonds is 1. The van der Waals surface area contributed by atoms with Gasteiger partial charge in [-0.15, -0.1) is 0 Å². The lowest BCUT2D eigenvalue weighted by Crippen LogP contribution is -2.35. The van der Waals surface area contributed by atoms with Crippen molar-refractivity contribution in [2.75, 3.05) is 0 Å². The largest absolute Gasteiger partial charge is 0.465 e. The number of aliphatic imine (C=N–C) groups is 1. The van der Waals surface area contributed by atoms with E-state index >= 15 is 0 Å². The summed E-state index contributed by atoms with van der Waals surface area (Å²) in [4.78, 5) is 15.3. The van der Waals surface area contributed by atoms with Crippen LogP contribution in [0.3, 0.4) is 0 Å². The second kappa shape index (κ2) is 4.58. The van der Waals surface area contributed by atoms with Gasteiger partial charge in [-0.25, -0.2) is 0 Å². The SMILES string of the molecule is N=C1/C(=C/c2ccco2)C(=O)N=C2SC(C(F)(F)F)=NN12. The van der Waals surface area contributed by atoms with Crippen LogP contribution in [0, 0.1) is 5.41 Å². The van der Waals surface area contributed by atoms with E-state index in [4.69, 9.17) is 9.83 Å². The number of hydrogen-bond acceptors (Lipinski definition) is 5. The van der Waals surface area contributed by atoms with Gasteiger partial charge in [0.15, 0.2) is 5.84 Å². The maximum atomic E-state index is 12.6. The molecule has 0 atom stereocenters. The number of hydrazone groups is 1. The van der Waals surface area contributed by atoms with E-state index in [9.17, 15) is 18.0 Å². The van der Waals surface area contributed by atoms with Gasteiger partial charge in [0.25, 0.3) is 5.91 Å². The zero-order chi connectivity index (χ0) is 15.2. The van der Waals surface area contributed by atoms with E-state index in [0.717, 1.165) is 0 Å². The highest BCUT2D eigenvalue weighted by atomic mass is 32.2. The molecule has 0 radical (unpaired) electrons. The number of furan rings is 1. The van der Waals surface area contributed by atoms with Gasteiger partial charge in [0.2, 0.25) is 10.2 Å². The number of thioether (sulfide) groups is 1. The molecule has 2 aliphatic rings. The first-order chi connectivity index (χ1) is 9.86. The fourth-order valence-electron chi connectivity index (χ4n) is 1.62. The maximum Gasteiger partial charge on any atom is 0.441 e. The van der Waals surface area contributed by atoms with Gasteiger partial charge >= 0.3 is 6.18 Å². The molecule has 108 valence electrons. The molecule has 3 rings (SSSR count). The van der Waals surface area contributed by atoms with Crippen molar-refractivity contribution in [3.63, 3.8) is 0 Å².